The van der Waals surface area contributed by atoms with Crippen molar-refractivity contribution in [3.05, 3.63) is 69.6 Å². The fourth-order valence-electron chi connectivity index (χ4n) is 4.05. The highest BCUT2D eigenvalue weighted by atomic mass is 32.2. The van der Waals surface area contributed by atoms with E-state index in [1.165, 1.54) is 5.56 Å². The first-order valence-corrected chi connectivity index (χ1v) is 12.4. The summed E-state index contributed by atoms with van der Waals surface area (Å²) in [6, 6.07) is 12.1. The van der Waals surface area contributed by atoms with Crippen LogP contribution in [0.4, 0.5) is 0 Å². The van der Waals surface area contributed by atoms with E-state index in [1.807, 2.05) is 19.1 Å². The summed E-state index contributed by atoms with van der Waals surface area (Å²) in [5.74, 6) is 0.566. The second kappa shape index (κ2) is 9.90. The van der Waals surface area contributed by atoms with Crippen LogP contribution in [0.1, 0.15) is 54.3 Å². The fraction of sp³-hybridized carbons (Fsp3) is 0.522. The highest BCUT2D eigenvalue weighted by molar-refractivity contribution is 7.88. The molecule has 0 bridgehead atoms. The van der Waals surface area contributed by atoms with Gasteiger partial charge in [0, 0.05) is 18.3 Å². The van der Waals surface area contributed by atoms with Gasteiger partial charge in [-0.2, -0.15) is 0 Å². The molecule has 6 nitrogen and oxygen atoms in total. The minimum atomic E-state index is -3.36. The first-order valence-electron chi connectivity index (χ1n) is 10.5. The van der Waals surface area contributed by atoms with Crippen LogP contribution in [0, 0.1) is 13.8 Å². The maximum absolute atomic E-state index is 12.7. The third kappa shape index (κ3) is 6.03. The number of ether oxygens (including phenoxy) is 1. The molecule has 2 aromatic rings. The molecule has 1 N–H and O–H groups in total. The lowest BCUT2D eigenvalue weighted by Gasteiger charge is -2.30. The molecule has 1 aromatic heterocycles. The molecule has 7 heteroatoms. The molecule has 0 spiro atoms. The summed E-state index contributed by atoms with van der Waals surface area (Å²) in [5.41, 5.74) is 2.87. The van der Waals surface area contributed by atoms with E-state index in [9.17, 15) is 13.2 Å². The van der Waals surface area contributed by atoms with Gasteiger partial charge in [-0.15, -0.1) is 0 Å². The van der Waals surface area contributed by atoms with E-state index in [4.69, 9.17) is 4.74 Å². The summed E-state index contributed by atoms with van der Waals surface area (Å²) in [6.07, 6.45) is 7.07. The molecule has 1 aliphatic carbocycles. The Morgan fingerprint density at radius 1 is 1.10 bits per heavy atom. The van der Waals surface area contributed by atoms with Crippen LogP contribution >= 0.6 is 0 Å². The monoisotopic (exact) mass is 432 g/mol. The Morgan fingerprint density at radius 2 is 1.77 bits per heavy atom. The molecule has 1 atom stereocenters. The standard InChI is InChI=1S/C23H32N2O4S/c1-17-13-14-25(23(26)18(17)2)21(15-24-30(3,27)28)16-29-22-11-9-20(10-12-22)19-7-5-4-6-8-19/h4-8,13-14,20-22,24H,9-12,15-16H2,1-3H3/t20?,21-,22?/m1/s1. The van der Waals surface area contributed by atoms with Crippen LogP contribution in [0.3, 0.4) is 0 Å². The number of nitrogens with zero attached hydrogens (tertiary/aromatic N) is 1. The average Bonchev–Trinajstić information content (AvgIpc) is 2.73. The topological polar surface area (TPSA) is 77.4 Å². The predicted molar refractivity (Wildman–Crippen MR) is 119 cm³/mol. The van der Waals surface area contributed by atoms with Gasteiger partial charge in [0.2, 0.25) is 10.0 Å². The van der Waals surface area contributed by atoms with Gasteiger partial charge in [0.15, 0.2) is 0 Å². The first kappa shape index (κ1) is 22.7. The highest BCUT2D eigenvalue weighted by Gasteiger charge is 2.24. The Hall–Kier alpha value is -1.96. The largest absolute Gasteiger partial charge is 0.376 e. The highest BCUT2D eigenvalue weighted by Crippen LogP contribution is 2.34. The lowest BCUT2D eigenvalue weighted by molar-refractivity contribution is 0.00733. The van der Waals surface area contributed by atoms with Crippen LogP contribution < -0.4 is 10.3 Å². The average molecular weight is 433 g/mol. The molecule has 3 rings (SSSR count). The molecule has 30 heavy (non-hydrogen) atoms. The van der Waals surface area contributed by atoms with Gasteiger partial charge in [-0.05, 0) is 62.6 Å². The van der Waals surface area contributed by atoms with Crippen molar-refractivity contribution in [2.24, 2.45) is 0 Å². The minimum absolute atomic E-state index is 0.105. The zero-order valence-electron chi connectivity index (χ0n) is 18.0. The Bertz CT molecular complexity index is 994. The van der Waals surface area contributed by atoms with E-state index < -0.39 is 16.1 Å². The van der Waals surface area contributed by atoms with Crippen molar-refractivity contribution in [1.82, 2.24) is 9.29 Å². The number of aryl methyl sites for hydroxylation is 1. The summed E-state index contributed by atoms with van der Waals surface area (Å²) in [7, 11) is -3.36. The number of aromatic nitrogens is 1. The van der Waals surface area contributed by atoms with Crippen LogP contribution in [0.5, 0.6) is 0 Å². The van der Waals surface area contributed by atoms with Gasteiger partial charge in [-0.1, -0.05) is 30.3 Å². The van der Waals surface area contributed by atoms with E-state index in [1.54, 1.807) is 17.7 Å². The molecule has 0 aliphatic heterocycles. The summed E-state index contributed by atoms with van der Waals surface area (Å²) in [6.45, 7) is 4.11. The predicted octanol–water partition coefficient (Wildman–Crippen LogP) is 3.30. The van der Waals surface area contributed by atoms with Crippen molar-refractivity contribution in [3.8, 4) is 0 Å². The third-order valence-corrected chi connectivity index (χ3v) is 6.77. The zero-order chi connectivity index (χ0) is 21.7. The Labute approximate surface area is 179 Å². The minimum Gasteiger partial charge on any atom is -0.376 e. The molecule has 164 valence electrons. The fourth-order valence-corrected chi connectivity index (χ4v) is 4.55. The Kier molecular flexibility index (Phi) is 7.50. The zero-order valence-corrected chi connectivity index (χ0v) is 18.8. The Balaban J connectivity index is 1.64. The van der Waals surface area contributed by atoms with E-state index in [-0.39, 0.29) is 18.2 Å². The van der Waals surface area contributed by atoms with Gasteiger partial charge in [0.05, 0.1) is 25.0 Å². The van der Waals surface area contributed by atoms with Crippen molar-refractivity contribution in [1.29, 1.82) is 0 Å². The number of hydrogen-bond acceptors (Lipinski definition) is 4. The lowest BCUT2D eigenvalue weighted by atomic mass is 9.83. The van der Waals surface area contributed by atoms with E-state index in [0.29, 0.717) is 18.1 Å². The SMILES string of the molecule is Cc1ccn([C@H](CNS(C)(=O)=O)COC2CCC(c3ccccc3)CC2)c(=O)c1C. The van der Waals surface area contributed by atoms with Crippen LogP contribution in [0.2, 0.25) is 0 Å². The number of sulfonamides is 1. The van der Waals surface area contributed by atoms with Gasteiger partial charge in [-0.25, -0.2) is 13.1 Å². The van der Waals surface area contributed by atoms with E-state index in [0.717, 1.165) is 37.5 Å². The van der Waals surface area contributed by atoms with Gasteiger partial charge in [0.1, 0.15) is 0 Å². The quantitative estimate of drug-likeness (QED) is 0.694. The normalized spacial score (nSPS) is 20.8. The molecule has 0 radical (unpaired) electrons. The molecule has 1 fully saturated rings. The number of benzene rings is 1. The van der Waals surface area contributed by atoms with Crippen molar-refractivity contribution in [2.75, 3.05) is 19.4 Å². The van der Waals surface area contributed by atoms with Crippen LogP contribution in [-0.2, 0) is 14.8 Å². The van der Waals surface area contributed by atoms with Gasteiger partial charge in [0.25, 0.3) is 5.56 Å². The smallest absolute Gasteiger partial charge is 0.254 e. The maximum atomic E-state index is 12.7. The summed E-state index contributed by atoms with van der Waals surface area (Å²) in [4.78, 5) is 12.7. The third-order valence-electron chi connectivity index (χ3n) is 6.08. The van der Waals surface area contributed by atoms with Crippen molar-refractivity contribution < 1.29 is 13.2 Å². The number of rotatable bonds is 8. The first-order chi connectivity index (χ1) is 14.2. The van der Waals surface area contributed by atoms with Gasteiger partial charge < -0.3 is 9.30 Å². The van der Waals surface area contributed by atoms with Crippen LogP contribution in [0.25, 0.3) is 0 Å². The van der Waals surface area contributed by atoms with Gasteiger partial charge >= 0.3 is 0 Å². The molecular weight excluding hydrogens is 400 g/mol. The summed E-state index contributed by atoms with van der Waals surface area (Å²) in [5, 5.41) is 0. The Morgan fingerprint density at radius 3 is 2.40 bits per heavy atom. The van der Waals surface area contributed by atoms with Crippen LogP contribution in [-0.4, -0.2) is 38.5 Å². The van der Waals surface area contributed by atoms with Crippen molar-refractivity contribution >= 4 is 10.0 Å². The number of nitrogens with one attached hydrogen (secondary N) is 1. The molecular formula is C23H32N2O4S. The van der Waals surface area contributed by atoms with Crippen molar-refractivity contribution in [2.45, 2.75) is 57.6 Å². The van der Waals surface area contributed by atoms with E-state index in [2.05, 4.69) is 29.0 Å². The summed E-state index contributed by atoms with van der Waals surface area (Å²) >= 11 is 0. The van der Waals surface area contributed by atoms with Crippen LogP contribution in [0.15, 0.2) is 47.4 Å². The number of pyridine rings is 1. The molecule has 1 aliphatic rings. The molecule has 1 heterocycles. The molecule has 0 saturated heterocycles. The summed E-state index contributed by atoms with van der Waals surface area (Å²) < 4.78 is 33.5. The number of hydrogen-bond donors (Lipinski definition) is 1. The second-order valence-electron chi connectivity index (χ2n) is 8.33. The maximum Gasteiger partial charge on any atom is 0.254 e. The molecule has 1 saturated carbocycles. The van der Waals surface area contributed by atoms with E-state index >= 15 is 0 Å². The lowest BCUT2D eigenvalue weighted by Crippen LogP contribution is -2.38. The molecule has 1 aromatic carbocycles. The van der Waals surface area contributed by atoms with Gasteiger partial charge in [-0.3, -0.25) is 4.79 Å². The second-order valence-corrected chi connectivity index (χ2v) is 10.2. The molecule has 0 amide bonds. The van der Waals surface area contributed by atoms with Crippen molar-refractivity contribution in [3.63, 3.8) is 0 Å². The molecule has 0 unspecified atom stereocenters.